The first-order valence-electron chi connectivity index (χ1n) is 10.0. The van der Waals surface area contributed by atoms with E-state index in [1.54, 1.807) is 6.92 Å². The molecule has 1 saturated heterocycles. The van der Waals surface area contributed by atoms with E-state index in [1.165, 1.54) is 0 Å². The van der Waals surface area contributed by atoms with Crippen LogP contribution in [0.15, 0.2) is 60.7 Å². The summed E-state index contributed by atoms with van der Waals surface area (Å²) in [5, 5.41) is 5.36. The highest BCUT2D eigenvalue weighted by Gasteiger charge is 2.53. The summed E-state index contributed by atoms with van der Waals surface area (Å²) in [5.41, 5.74) is 0.956. The van der Waals surface area contributed by atoms with Gasteiger partial charge in [0, 0.05) is 13.0 Å². The Morgan fingerprint density at radius 1 is 1.03 bits per heavy atom. The first kappa shape index (κ1) is 21.5. The van der Waals surface area contributed by atoms with Crippen molar-refractivity contribution >= 4 is 18.0 Å². The van der Waals surface area contributed by atoms with Crippen molar-refractivity contribution in [2.75, 3.05) is 13.2 Å². The number of carbonyl (C=O) groups is 3. The van der Waals surface area contributed by atoms with Crippen LogP contribution in [0.5, 0.6) is 0 Å². The quantitative estimate of drug-likeness (QED) is 0.376. The minimum Gasteiger partial charge on any atom is -0.374 e. The zero-order chi connectivity index (χ0) is 21.4. The smallest absolute Gasteiger partial charge is 0.374 e. The molecular weight excluding hydrogens is 384 g/mol. The number of hydrogen-bond acceptors (Lipinski definition) is 5. The van der Waals surface area contributed by atoms with E-state index >= 15 is 0 Å². The van der Waals surface area contributed by atoms with Crippen LogP contribution >= 0.6 is 0 Å². The highest BCUT2D eigenvalue weighted by Crippen LogP contribution is 2.31. The van der Waals surface area contributed by atoms with E-state index in [4.69, 9.17) is 9.47 Å². The van der Waals surface area contributed by atoms with Crippen molar-refractivity contribution in [3.63, 3.8) is 0 Å². The number of esters is 1. The van der Waals surface area contributed by atoms with Crippen molar-refractivity contribution in [1.82, 2.24) is 10.6 Å². The topological polar surface area (TPSA) is 97.0 Å². The van der Waals surface area contributed by atoms with Crippen LogP contribution in [-0.4, -0.2) is 42.8 Å². The number of amides is 2. The Kier molecular flexibility index (Phi) is 7.19. The van der Waals surface area contributed by atoms with Crippen LogP contribution in [0.3, 0.4) is 0 Å². The molecule has 0 radical (unpaired) electrons. The first-order valence-corrected chi connectivity index (χ1v) is 10.0. The molecule has 1 aliphatic heterocycles. The molecule has 1 heterocycles. The average molecular weight is 410 g/mol. The molecule has 1 fully saturated rings. The van der Waals surface area contributed by atoms with Crippen LogP contribution in [0.25, 0.3) is 0 Å². The molecule has 1 aliphatic rings. The van der Waals surface area contributed by atoms with E-state index in [9.17, 15) is 14.4 Å². The van der Waals surface area contributed by atoms with E-state index in [0.717, 1.165) is 11.1 Å². The summed E-state index contributed by atoms with van der Waals surface area (Å²) in [5.74, 6) is -1.07. The fraction of sp³-hybridized carbons (Fsp3) is 0.348. The summed E-state index contributed by atoms with van der Waals surface area (Å²) in [4.78, 5) is 37.1. The molecule has 0 saturated carbocycles. The predicted octanol–water partition coefficient (Wildman–Crippen LogP) is 2.39. The molecule has 1 unspecified atom stereocenters. The van der Waals surface area contributed by atoms with Crippen LogP contribution in [-0.2, 0) is 31.9 Å². The zero-order valence-electron chi connectivity index (χ0n) is 16.9. The molecule has 0 aromatic heterocycles. The lowest BCUT2D eigenvalue weighted by Crippen LogP contribution is -2.49. The van der Waals surface area contributed by atoms with Gasteiger partial charge in [0.05, 0.1) is 6.61 Å². The largest absolute Gasteiger partial charge is 0.415 e. The molecule has 7 nitrogen and oxygen atoms in total. The molecule has 2 amide bonds. The van der Waals surface area contributed by atoms with Crippen molar-refractivity contribution in [1.29, 1.82) is 0 Å². The van der Waals surface area contributed by atoms with Gasteiger partial charge in [-0.1, -0.05) is 67.6 Å². The minimum absolute atomic E-state index is 0.239. The van der Waals surface area contributed by atoms with Crippen LogP contribution in [0.1, 0.15) is 24.5 Å². The van der Waals surface area contributed by atoms with Gasteiger partial charge in [-0.05, 0) is 24.0 Å². The van der Waals surface area contributed by atoms with E-state index in [1.807, 2.05) is 60.7 Å². The van der Waals surface area contributed by atoms with Crippen molar-refractivity contribution in [2.45, 2.75) is 37.8 Å². The molecule has 2 aromatic carbocycles. The van der Waals surface area contributed by atoms with Gasteiger partial charge in [0.15, 0.2) is 5.60 Å². The van der Waals surface area contributed by atoms with E-state index < -0.39 is 23.7 Å². The van der Waals surface area contributed by atoms with Crippen LogP contribution in [0.2, 0.25) is 0 Å². The molecule has 30 heavy (non-hydrogen) atoms. The van der Waals surface area contributed by atoms with E-state index in [0.29, 0.717) is 19.4 Å². The lowest BCUT2D eigenvalue weighted by Gasteiger charge is -2.19. The summed E-state index contributed by atoms with van der Waals surface area (Å²) in [6.07, 6.45) is 0.412. The maximum Gasteiger partial charge on any atom is 0.415 e. The Hall–Kier alpha value is -3.19. The highest BCUT2D eigenvalue weighted by atomic mass is 16.7. The Morgan fingerprint density at radius 3 is 2.20 bits per heavy atom. The number of nitrogens with one attached hydrogen (secondary N) is 2. The van der Waals surface area contributed by atoms with Gasteiger partial charge in [-0.25, -0.2) is 9.59 Å². The number of rotatable bonds is 9. The first-order chi connectivity index (χ1) is 14.5. The summed E-state index contributed by atoms with van der Waals surface area (Å²) in [6, 6.07) is 18.2. The highest BCUT2D eigenvalue weighted by molar-refractivity contribution is 5.93. The van der Waals surface area contributed by atoms with E-state index in [-0.39, 0.29) is 18.9 Å². The maximum atomic E-state index is 12.7. The minimum atomic E-state index is -1.02. The summed E-state index contributed by atoms with van der Waals surface area (Å²) >= 11 is 0. The third-order valence-electron chi connectivity index (χ3n) is 5.07. The number of hydrogen-bond donors (Lipinski definition) is 2. The second kappa shape index (κ2) is 10.0. The number of ether oxygens (including phenoxy) is 2. The molecule has 2 aromatic rings. The Labute approximate surface area is 175 Å². The zero-order valence-corrected chi connectivity index (χ0v) is 16.9. The molecular formula is C23H26N2O5. The summed E-state index contributed by atoms with van der Waals surface area (Å²) < 4.78 is 9.98. The van der Waals surface area contributed by atoms with Gasteiger partial charge < -0.3 is 20.1 Å². The van der Waals surface area contributed by atoms with Gasteiger partial charge in [0.25, 0.3) is 0 Å². The standard InChI is InChI=1S/C23H26N2O5/c1-2-23(16-29-23)21(27)30-22(28)25-19(15-18-11-7-4-8-12-18)20(26)24-14-13-17-9-5-3-6-10-17/h3-12,19H,2,13-16H2,1H3,(H,24,26)(H,25,28)/t19?,23-/m1/s1. The molecule has 0 aliphatic carbocycles. The fourth-order valence-corrected chi connectivity index (χ4v) is 3.06. The SMILES string of the molecule is CC[C@]1(C(=O)OC(=O)NC(Cc2ccccc2)C(=O)NCCc2ccccc2)CO1. The number of epoxide rings is 1. The molecule has 158 valence electrons. The molecule has 2 atom stereocenters. The lowest BCUT2D eigenvalue weighted by molar-refractivity contribution is -0.143. The third kappa shape index (κ3) is 5.90. The van der Waals surface area contributed by atoms with E-state index in [2.05, 4.69) is 10.6 Å². The van der Waals surface area contributed by atoms with Gasteiger partial charge in [-0.15, -0.1) is 0 Å². The lowest BCUT2D eigenvalue weighted by atomic mass is 10.1. The van der Waals surface area contributed by atoms with Crippen LogP contribution < -0.4 is 10.6 Å². The van der Waals surface area contributed by atoms with Gasteiger partial charge in [0.1, 0.15) is 6.04 Å². The number of carbonyl (C=O) groups excluding carboxylic acids is 3. The molecule has 0 spiro atoms. The predicted molar refractivity (Wildman–Crippen MR) is 111 cm³/mol. The van der Waals surface area contributed by atoms with Crippen molar-refractivity contribution in [3.05, 3.63) is 71.8 Å². The molecule has 0 bridgehead atoms. The van der Waals surface area contributed by atoms with Gasteiger partial charge in [0.2, 0.25) is 5.91 Å². The average Bonchev–Trinajstić information content (AvgIpc) is 3.56. The summed E-state index contributed by atoms with van der Waals surface area (Å²) in [6.45, 7) is 2.45. The normalized spacial score (nSPS) is 18.2. The number of alkyl carbamates (subject to hydrolysis) is 1. The summed E-state index contributed by atoms with van der Waals surface area (Å²) in [7, 11) is 0. The Morgan fingerprint density at radius 2 is 1.63 bits per heavy atom. The van der Waals surface area contributed by atoms with Crippen LogP contribution in [0.4, 0.5) is 4.79 Å². The Bertz CT molecular complexity index is 866. The maximum absolute atomic E-state index is 12.7. The van der Waals surface area contributed by atoms with Crippen LogP contribution in [0, 0.1) is 0 Å². The second-order valence-corrected chi connectivity index (χ2v) is 7.23. The van der Waals surface area contributed by atoms with Gasteiger partial charge in [-0.2, -0.15) is 0 Å². The Balaban J connectivity index is 1.58. The van der Waals surface area contributed by atoms with Gasteiger partial charge in [-0.3, -0.25) is 4.79 Å². The van der Waals surface area contributed by atoms with Gasteiger partial charge >= 0.3 is 12.1 Å². The van der Waals surface area contributed by atoms with Crippen molar-refractivity contribution in [2.24, 2.45) is 0 Å². The molecule has 7 heteroatoms. The number of benzene rings is 2. The van der Waals surface area contributed by atoms with Crippen molar-refractivity contribution in [3.8, 4) is 0 Å². The fourth-order valence-electron chi connectivity index (χ4n) is 3.06. The molecule has 2 N–H and O–H groups in total. The monoisotopic (exact) mass is 410 g/mol. The van der Waals surface area contributed by atoms with Crippen molar-refractivity contribution < 1.29 is 23.9 Å². The third-order valence-corrected chi connectivity index (χ3v) is 5.07. The second-order valence-electron chi connectivity index (χ2n) is 7.23. The molecule has 3 rings (SSSR count).